The molecule has 1 aromatic carbocycles. The molecule has 1 heterocycles. The van der Waals surface area contributed by atoms with Crippen molar-refractivity contribution >= 4 is 17.0 Å². The van der Waals surface area contributed by atoms with Gasteiger partial charge < -0.3 is 4.57 Å². The summed E-state index contributed by atoms with van der Waals surface area (Å²) in [4.78, 5) is 0. The molecule has 0 aliphatic carbocycles. The number of para-hydroxylation sites is 1. The van der Waals surface area contributed by atoms with Crippen molar-refractivity contribution in [2.75, 3.05) is 0 Å². The molecule has 0 unspecified atom stereocenters. The zero-order valence-electron chi connectivity index (χ0n) is 7.99. The third-order valence-electron chi connectivity index (χ3n) is 2.33. The van der Waals surface area contributed by atoms with E-state index in [4.69, 9.17) is 0 Å². The van der Waals surface area contributed by atoms with Gasteiger partial charge in [-0.3, -0.25) is 0 Å². The maximum atomic E-state index is 2.20. The molecule has 0 radical (unpaired) electrons. The summed E-state index contributed by atoms with van der Waals surface area (Å²) in [5.41, 5.74) is 2.54. The molecule has 1 nitrogen and oxygen atoms in total. The summed E-state index contributed by atoms with van der Waals surface area (Å²) in [5, 5.41) is 1.30. The van der Waals surface area contributed by atoms with Crippen molar-refractivity contribution in [3.8, 4) is 0 Å². The molecule has 0 amide bonds. The molecule has 0 saturated heterocycles. The number of nitrogens with zero attached hydrogens (tertiary/aromatic N) is 1. The average molecular weight is 171 g/mol. The Morgan fingerprint density at radius 2 is 2.00 bits per heavy atom. The van der Waals surface area contributed by atoms with E-state index in [0.29, 0.717) is 0 Å². The quantitative estimate of drug-likeness (QED) is 0.621. The Labute approximate surface area is 78.3 Å². The first-order valence-electron chi connectivity index (χ1n) is 4.50. The number of hydrogen-bond donors (Lipinski definition) is 0. The summed E-state index contributed by atoms with van der Waals surface area (Å²) in [5.74, 6) is 0. The Morgan fingerprint density at radius 3 is 2.69 bits per heavy atom. The summed E-state index contributed by atoms with van der Waals surface area (Å²) < 4.78 is 2.20. The van der Waals surface area contributed by atoms with Crippen LogP contribution in [0.3, 0.4) is 0 Å². The van der Waals surface area contributed by atoms with Gasteiger partial charge in [-0.1, -0.05) is 24.3 Å². The van der Waals surface area contributed by atoms with Crippen molar-refractivity contribution < 1.29 is 0 Å². The second-order valence-electron chi connectivity index (χ2n) is 3.19. The van der Waals surface area contributed by atoms with Crippen LogP contribution in [0, 0.1) is 0 Å². The summed E-state index contributed by atoms with van der Waals surface area (Å²) in [6.07, 6.45) is 4.19. The standard InChI is InChI=1S/C12H13N/c1-3-6-11-9-10-7-4-5-8-12(10)13(11)2/h3-9H,1-2H3/b6-3+. The molecule has 0 aliphatic rings. The smallest absolute Gasteiger partial charge is 0.0482 e. The summed E-state index contributed by atoms with van der Waals surface area (Å²) >= 11 is 0. The molecule has 0 saturated carbocycles. The van der Waals surface area contributed by atoms with Gasteiger partial charge in [-0.15, -0.1) is 0 Å². The highest BCUT2D eigenvalue weighted by Gasteiger charge is 2.00. The van der Waals surface area contributed by atoms with Gasteiger partial charge in [0.1, 0.15) is 0 Å². The first-order valence-corrected chi connectivity index (χ1v) is 4.50. The fourth-order valence-electron chi connectivity index (χ4n) is 1.64. The molecule has 0 aliphatic heterocycles. The van der Waals surface area contributed by atoms with Crippen molar-refractivity contribution in [1.82, 2.24) is 4.57 Å². The largest absolute Gasteiger partial charge is 0.344 e. The lowest BCUT2D eigenvalue weighted by molar-refractivity contribution is 0.954. The fourth-order valence-corrected chi connectivity index (χ4v) is 1.64. The second kappa shape index (κ2) is 3.09. The van der Waals surface area contributed by atoms with E-state index in [1.54, 1.807) is 0 Å². The zero-order valence-corrected chi connectivity index (χ0v) is 7.99. The van der Waals surface area contributed by atoms with Crippen molar-refractivity contribution in [3.05, 3.63) is 42.1 Å². The Kier molecular flexibility index (Phi) is 1.93. The van der Waals surface area contributed by atoms with Gasteiger partial charge in [0.15, 0.2) is 0 Å². The lowest BCUT2D eigenvalue weighted by Crippen LogP contribution is -1.88. The molecule has 0 spiro atoms. The van der Waals surface area contributed by atoms with Crippen LogP contribution in [0.15, 0.2) is 36.4 Å². The highest BCUT2D eigenvalue weighted by atomic mass is 14.9. The van der Waals surface area contributed by atoms with Gasteiger partial charge in [0, 0.05) is 23.6 Å². The van der Waals surface area contributed by atoms with Crippen molar-refractivity contribution in [2.24, 2.45) is 7.05 Å². The minimum Gasteiger partial charge on any atom is -0.344 e. The van der Waals surface area contributed by atoms with Gasteiger partial charge in [0.25, 0.3) is 0 Å². The molecule has 1 heteroatoms. The van der Waals surface area contributed by atoms with Crippen LogP contribution in [0.1, 0.15) is 12.6 Å². The molecule has 1 aromatic heterocycles. The number of aromatic nitrogens is 1. The third kappa shape index (κ3) is 1.26. The first kappa shape index (κ1) is 8.11. The van der Waals surface area contributed by atoms with E-state index < -0.39 is 0 Å². The summed E-state index contributed by atoms with van der Waals surface area (Å²) in [6, 6.07) is 10.6. The molecule has 0 bridgehead atoms. The normalized spacial score (nSPS) is 11.5. The maximum Gasteiger partial charge on any atom is 0.0482 e. The SMILES string of the molecule is C/C=C/c1cc2ccccc2n1C. The van der Waals surface area contributed by atoms with Crippen molar-refractivity contribution in [2.45, 2.75) is 6.92 Å². The molecule has 0 N–H and O–H groups in total. The maximum absolute atomic E-state index is 2.20. The summed E-state index contributed by atoms with van der Waals surface area (Å²) in [7, 11) is 2.09. The number of benzene rings is 1. The van der Waals surface area contributed by atoms with Gasteiger partial charge in [-0.25, -0.2) is 0 Å². The van der Waals surface area contributed by atoms with Crippen LogP contribution in [0.2, 0.25) is 0 Å². The first-order chi connectivity index (χ1) is 6.33. The lowest BCUT2D eigenvalue weighted by atomic mass is 10.2. The number of rotatable bonds is 1. The van der Waals surface area contributed by atoms with E-state index in [1.165, 1.54) is 16.6 Å². The Morgan fingerprint density at radius 1 is 1.23 bits per heavy atom. The van der Waals surface area contributed by atoms with Crippen LogP contribution in [0.5, 0.6) is 0 Å². The highest BCUT2D eigenvalue weighted by molar-refractivity contribution is 5.83. The van der Waals surface area contributed by atoms with Crippen LogP contribution in [-0.4, -0.2) is 4.57 Å². The molecular weight excluding hydrogens is 158 g/mol. The minimum absolute atomic E-state index is 1.25. The van der Waals surface area contributed by atoms with Crippen LogP contribution in [0.4, 0.5) is 0 Å². The Balaban J connectivity index is 2.73. The Bertz CT molecular complexity index is 449. The van der Waals surface area contributed by atoms with E-state index in [1.807, 2.05) is 6.92 Å². The lowest BCUT2D eigenvalue weighted by Gasteiger charge is -1.97. The van der Waals surface area contributed by atoms with Crippen molar-refractivity contribution in [1.29, 1.82) is 0 Å². The zero-order chi connectivity index (χ0) is 9.26. The van der Waals surface area contributed by atoms with Crippen LogP contribution in [0.25, 0.3) is 17.0 Å². The minimum atomic E-state index is 1.25. The van der Waals surface area contributed by atoms with Gasteiger partial charge in [-0.05, 0) is 25.1 Å². The molecule has 13 heavy (non-hydrogen) atoms. The van der Waals surface area contributed by atoms with Crippen molar-refractivity contribution in [3.63, 3.8) is 0 Å². The monoisotopic (exact) mass is 171 g/mol. The van der Waals surface area contributed by atoms with Gasteiger partial charge in [-0.2, -0.15) is 0 Å². The summed E-state index contributed by atoms with van der Waals surface area (Å²) in [6.45, 7) is 2.04. The van der Waals surface area contributed by atoms with Gasteiger partial charge in [0.05, 0.1) is 0 Å². The van der Waals surface area contributed by atoms with E-state index in [9.17, 15) is 0 Å². The fraction of sp³-hybridized carbons (Fsp3) is 0.167. The third-order valence-corrected chi connectivity index (χ3v) is 2.33. The van der Waals surface area contributed by atoms with Crippen LogP contribution >= 0.6 is 0 Å². The van der Waals surface area contributed by atoms with E-state index in [2.05, 4.69) is 54.1 Å². The molecular formula is C12H13N. The average Bonchev–Trinajstić information content (AvgIpc) is 2.46. The van der Waals surface area contributed by atoms with Crippen LogP contribution in [-0.2, 0) is 7.05 Å². The predicted octanol–water partition coefficient (Wildman–Crippen LogP) is 3.21. The van der Waals surface area contributed by atoms with Gasteiger partial charge in [0.2, 0.25) is 0 Å². The Hall–Kier alpha value is -1.50. The van der Waals surface area contributed by atoms with E-state index >= 15 is 0 Å². The highest BCUT2D eigenvalue weighted by Crippen LogP contribution is 2.18. The molecule has 0 fully saturated rings. The molecule has 2 rings (SSSR count). The van der Waals surface area contributed by atoms with E-state index in [0.717, 1.165) is 0 Å². The second-order valence-corrected chi connectivity index (χ2v) is 3.19. The topological polar surface area (TPSA) is 4.93 Å². The molecule has 66 valence electrons. The molecule has 2 aromatic rings. The number of allylic oxidation sites excluding steroid dienone is 1. The van der Waals surface area contributed by atoms with E-state index in [-0.39, 0.29) is 0 Å². The van der Waals surface area contributed by atoms with Gasteiger partial charge >= 0.3 is 0 Å². The number of aryl methyl sites for hydroxylation is 1. The molecule has 0 atom stereocenters. The van der Waals surface area contributed by atoms with Crippen LogP contribution < -0.4 is 0 Å². The number of hydrogen-bond acceptors (Lipinski definition) is 0. The number of fused-ring (bicyclic) bond motifs is 1. The predicted molar refractivity (Wildman–Crippen MR) is 57.6 cm³/mol.